The Morgan fingerprint density at radius 2 is 1.70 bits per heavy atom. The summed E-state index contributed by atoms with van der Waals surface area (Å²) < 4.78 is 0. The van der Waals surface area contributed by atoms with Gasteiger partial charge in [0.15, 0.2) is 0 Å². The fraction of sp³-hybridized carbons (Fsp3) is 0.333. The van der Waals surface area contributed by atoms with Crippen molar-refractivity contribution < 1.29 is 0 Å². The van der Waals surface area contributed by atoms with Gasteiger partial charge in [-0.05, 0) is 17.5 Å². The monoisotopic (exact) mass is 127 g/mol. The third-order valence-electron chi connectivity index (χ3n) is 1.41. The Morgan fingerprint density at radius 3 is 2.00 bits per heavy atom. The van der Waals surface area contributed by atoms with Gasteiger partial charge in [0.1, 0.15) is 0 Å². The molecule has 0 saturated carbocycles. The van der Waals surface area contributed by atoms with E-state index in [4.69, 9.17) is 0 Å². The molecule has 0 bridgehead atoms. The molecule has 0 N–H and O–H groups in total. The fourth-order valence-electron chi connectivity index (χ4n) is 0.785. The van der Waals surface area contributed by atoms with Crippen LogP contribution < -0.4 is 0 Å². The van der Waals surface area contributed by atoms with Crippen molar-refractivity contribution >= 4 is 18.9 Å². The first-order chi connectivity index (χ1) is 4.30. The van der Waals surface area contributed by atoms with Gasteiger partial charge in [0.05, 0.1) is 0 Å². The number of hydrogen-bond donors (Lipinski definition) is 0. The van der Waals surface area contributed by atoms with E-state index < -0.39 is 0 Å². The quantitative estimate of drug-likeness (QED) is 0.506. The van der Waals surface area contributed by atoms with Crippen LogP contribution in [0.5, 0.6) is 0 Å². The molecule has 0 nitrogen and oxygen atoms in total. The zero-order valence-electron chi connectivity index (χ0n) is 5.89. The molecule has 0 heterocycles. The number of benzene rings is 1. The van der Waals surface area contributed by atoms with Crippen LogP contribution >= 0.6 is 0 Å². The zero-order valence-corrected chi connectivity index (χ0v) is 5.89. The first-order valence-electron chi connectivity index (χ1n) is 3.26. The average Bonchev–Trinajstić information content (AvgIpc) is 1.90. The first-order valence-corrected chi connectivity index (χ1v) is 3.26. The van der Waals surface area contributed by atoms with Gasteiger partial charge < -0.3 is 0 Å². The standard InChI is InChI=1S/C9H11.Li.H/c1-8(2)9-6-4-3-5-7-9;;/h4-8H,1-2H3;;. The van der Waals surface area contributed by atoms with Gasteiger partial charge in [-0.15, -0.1) is 0 Å². The Labute approximate surface area is 74.8 Å². The summed E-state index contributed by atoms with van der Waals surface area (Å²) >= 11 is 0. The van der Waals surface area contributed by atoms with Crippen molar-refractivity contribution in [2.75, 3.05) is 0 Å². The molecule has 1 aromatic rings. The molecule has 0 aliphatic carbocycles. The van der Waals surface area contributed by atoms with Crippen LogP contribution in [0, 0.1) is 6.07 Å². The third-order valence-corrected chi connectivity index (χ3v) is 1.41. The molecule has 0 unspecified atom stereocenters. The van der Waals surface area contributed by atoms with E-state index in [2.05, 4.69) is 32.0 Å². The van der Waals surface area contributed by atoms with E-state index in [-0.39, 0.29) is 18.9 Å². The van der Waals surface area contributed by atoms with E-state index in [1.165, 1.54) is 5.56 Å². The molecule has 0 aliphatic heterocycles. The van der Waals surface area contributed by atoms with E-state index in [1.807, 2.05) is 12.1 Å². The molecular formula is C9H12Li. The van der Waals surface area contributed by atoms with Crippen molar-refractivity contribution in [2.45, 2.75) is 19.8 Å². The molecule has 0 saturated heterocycles. The fourth-order valence-corrected chi connectivity index (χ4v) is 0.785. The summed E-state index contributed by atoms with van der Waals surface area (Å²) in [5, 5.41) is 0. The molecule has 0 spiro atoms. The third kappa shape index (κ3) is 2.60. The minimum atomic E-state index is 0. The molecule has 0 aliphatic rings. The molecule has 0 fully saturated rings. The molecule has 0 aromatic heterocycles. The predicted molar refractivity (Wildman–Crippen MR) is 46.5 cm³/mol. The number of rotatable bonds is 1. The average molecular weight is 127 g/mol. The summed E-state index contributed by atoms with van der Waals surface area (Å²) in [7, 11) is 0. The van der Waals surface area contributed by atoms with Crippen LogP contribution in [0.25, 0.3) is 0 Å². The number of hydrogen-bond acceptors (Lipinski definition) is 0. The van der Waals surface area contributed by atoms with Gasteiger partial charge in [-0.2, -0.15) is 0 Å². The first kappa shape index (κ1) is 9.82. The minimum absolute atomic E-state index is 0. The molecule has 1 radical (unpaired) electrons. The summed E-state index contributed by atoms with van der Waals surface area (Å²) in [6.07, 6.45) is 0. The molecule has 0 atom stereocenters. The van der Waals surface area contributed by atoms with Gasteiger partial charge in [0.25, 0.3) is 0 Å². The zero-order chi connectivity index (χ0) is 6.69. The van der Waals surface area contributed by atoms with Gasteiger partial charge in [-0.1, -0.05) is 38.1 Å². The topological polar surface area (TPSA) is 0 Å². The van der Waals surface area contributed by atoms with E-state index >= 15 is 0 Å². The van der Waals surface area contributed by atoms with Crippen LogP contribution in [0.4, 0.5) is 0 Å². The summed E-state index contributed by atoms with van der Waals surface area (Å²) in [6.45, 7) is 4.38. The van der Waals surface area contributed by atoms with E-state index in [0.29, 0.717) is 5.92 Å². The van der Waals surface area contributed by atoms with Crippen molar-refractivity contribution in [3.8, 4) is 0 Å². The maximum absolute atomic E-state index is 2.99. The van der Waals surface area contributed by atoms with Gasteiger partial charge in [0, 0.05) is 0 Å². The van der Waals surface area contributed by atoms with Crippen LogP contribution in [0.3, 0.4) is 0 Å². The van der Waals surface area contributed by atoms with Gasteiger partial charge in [-0.25, -0.2) is 0 Å². The van der Waals surface area contributed by atoms with Gasteiger partial charge in [0.2, 0.25) is 0 Å². The van der Waals surface area contributed by atoms with Crippen LogP contribution in [0.15, 0.2) is 24.3 Å². The van der Waals surface area contributed by atoms with Crippen molar-refractivity contribution in [1.82, 2.24) is 0 Å². The summed E-state index contributed by atoms with van der Waals surface area (Å²) in [6, 6.07) is 11.1. The Morgan fingerprint density at radius 1 is 1.20 bits per heavy atom. The molecule has 10 heavy (non-hydrogen) atoms. The maximum atomic E-state index is 2.99. The van der Waals surface area contributed by atoms with Crippen molar-refractivity contribution in [3.63, 3.8) is 0 Å². The van der Waals surface area contributed by atoms with Crippen LogP contribution in [-0.4, -0.2) is 18.9 Å². The van der Waals surface area contributed by atoms with E-state index in [9.17, 15) is 0 Å². The summed E-state index contributed by atoms with van der Waals surface area (Å²) in [5.41, 5.74) is 1.38. The van der Waals surface area contributed by atoms with Crippen molar-refractivity contribution in [2.24, 2.45) is 0 Å². The molecule has 0 amide bonds. The van der Waals surface area contributed by atoms with Crippen molar-refractivity contribution in [1.29, 1.82) is 0 Å². The Hall–Kier alpha value is -0.183. The SMILES string of the molecule is CC(C)c1cc[c]cc1.[LiH]. The summed E-state index contributed by atoms with van der Waals surface area (Å²) in [5.74, 6) is 0.639. The van der Waals surface area contributed by atoms with E-state index in [1.54, 1.807) is 0 Å². The van der Waals surface area contributed by atoms with Crippen LogP contribution in [0.1, 0.15) is 25.3 Å². The Balaban J connectivity index is 0.000000810. The second kappa shape index (κ2) is 4.60. The van der Waals surface area contributed by atoms with Crippen LogP contribution in [-0.2, 0) is 0 Å². The molecule has 49 valence electrons. The predicted octanol–water partition coefficient (Wildman–Crippen LogP) is 1.96. The van der Waals surface area contributed by atoms with Gasteiger partial charge >= 0.3 is 18.9 Å². The second-order valence-electron chi connectivity index (χ2n) is 2.49. The Kier molecular flexibility index (Phi) is 4.52. The van der Waals surface area contributed by atoms with E-state index in [0.717, 1.165) is 0 Å². The molecule has 1 rings (SSSR count). The van der Waals surface area contributed by atoms with Gasteiger partial charge in [-0.3, -0.25) is 0 Å². The second-order valence-corrected chi connectivity index (χ2v) is 2.49. The summed E-state index contributed by atoms with van der Waals surface area (Å²) in [4.78, 5) is 0. The van der Waals surface area contributed by atoms with Crippen LogP contribution in [0.2, 0.25) is 0 Å². The van der Waals surface area contributed by atoms with Crippen molar-refractivity contribution in [3.05, 3.63) is 35.9 Å². The normalized spacial score (nSPS) is 9.10. The molecule has 1 aromatic carbocycles. The molecule has 1 heteroatoms. The molecular weight excluding hydrogens is 115 g/mol. The Bertz CT molecular complexity index is 167.